The van der Waals surface area contributed by atoms with Gasteiger partial charge < -0.3 is 4.98 Å². The van der Waals surface area contributed by atoms with Crippen molar-refractivity contribution in [1.82, 2.24) is 19.7 Å². The Hall–Kier alpha value is -2.40. The van der Waals surface area contributed by atoms with E-state index in [4.69, 9.17) is 0 Å². The van der Waals surface area contributed by atoms with E-state index >= 15 is 0 Å². The Kier molecular flexibility index (Phi) is 4.64. The Labute approximate surface area is 153 Å². The number of hydrogen-bond donors (Lipinski definition) is 1. The number of nitrogens with zero attached hydrogens (tertiary/aromatic N) is 3. The van der Waals surface area contributed by atoms with Gasteiger partial charge in [0, 0.05) is 23.5 Å². The van der Waals surface area contributed by atoms with E-state index in [1.54, 1.807) is 0 Å². The Morgan fingerprint density at radius 1 is 1.19 bits per heavy atom. The topological polar surface area (TPSA) is 53.9 Å². The summed E-state index contributed by atoms with van der Waals surface area (Å²) in [6, 6.07) is 12.5. The molecule has 5 heteroatoms. The summed E-state index contributed by atoms with van der Waals surface area (Å²) < 4.78 is 1.82. The summed E-state index contributed by atoms with van der Waals surface area (Å²) in [5.41, 5.74) is 3.45. The second-order valence-corrected chi connectivity index (χ2v) is 7.43. The third-order valence-corrected chi connectivity index (χ3v) is 5.57. The molecule has 1 aliphatic carbocycles. The minimum atomic E-state index is -0.0164. The van der Waals surface area contributed by atoms with Crippen molar-refractivity contribution >= 4 is 11.0 Å². The molecule has 0 amide bonds. The Bertz CT molecular complexity index is 951. The van der Waals surface area contributed by atoms with E-state index in [1.807, 2.05) is 48.0 Å². The molecule has 2 heterocycles. The van der Waals surface area contributed by atoms with Crippen LogP contribution in [0, 0.1) is 6.92 Å². The molecule has 0 aliphatic heterocycles. The first kappa shape index (κ1) is 17.0. The highest BCUT2D eigenvalue weighted by atomic mass is 16.1. The molecule has 0 bridgehead atoms. The largest absolute Gasteiger partial charge is 0.306 e. The third-order valence-electron chi connectivity index (χ3n) is 5.57. The Balaban J connectivity index is 1.69. The molecule has 1 saturated carbocycles. The first-order valence-electron chi connectivity index (χ1n) is 9.50. The number of H-pyrrole nitrogens is 1. The number of fused-ring (bicyclic) bond motifs is 1. The average molecular weight is 350 g/mol. The van der Waals surface area contributed by atoms with Gasteiger partial charge in [0.1, 0.15) is 5.65 Å². The maximum absolute atomic E-state index is 12.7. The molecular formula is C21H26N4O. The number of aromatic amines is 1. The number of aryl methyl sites for hydroxylation is 1. The van der Waals surface area contributed by atoms with Gasteiger partial charge in [0.25, 0.3) is 5.56 Å². The van der Waals surface area contributed by atoms with E-state index in [1.165, 1.54) is 32.1 Å². The van der Waals surface area contributed by atoms with Gasteiger partial charge in [-0.3, -0.25) is 9.69 Å². The van der Waals surface area contributed by atoms with Crippen molar-refractivity contribution in [3.05, 3.63) is 58.0 Å². The summed E-state index contributed by atoms with van der Waals surface area (Å²) >= 11 is 0. The van der Waals surface area contributed by atoms with Gasteiger partial charge in [-0.2, -0.15) is 5.10 Å². The zero-order valence-electron chi connectivity index (χ0n) is 15.5. The van der Waals surface area contributed by atoms with E-state index in [0.717, 1.165) is 28.0 Å². The average Bonchev–Trinajstić information content (AvgIpc) is 2.99. The summed E-state index contributed by atoms with van der Waals surface area (Å²) in [5, 5.41) is 5.66. The van der Waals surface area contributed by atoms with E-state index < -0.39 is 0 Å². The fourth-order valence-corrected chi connectivity index (χ4v) is 4.05. The summed E-state index contributed by atoms with van der Waals surface area (Å²) in [4.78, 5) is 18.1. The van der Waals surface area contributed by atoms with Gasteiger partial charge >= 0.3 is 0 Å². The molecule has 0 radical (unpaired) electrons. The molecule has 26 heavy (non-hydrogen) atoms. The van der Waals surface area contributed by atoms with Crippen LogP contribution >= 0.6 is 0 Å². The second-order valence-electron chi connectivity index (χ2n) is 7.43. The molecule has 2 aromatic heterocycles. The lowest BCUT2D eigenvalue weighted by Crippen LogP contribution is -2.34. The quantitative estimate of drug-likeness (QED) is 0.779. The first-order chi connectivity index (χ1) is 12.6. The van der Waals surface area contributed by atoms with Crippen LogP contribution in [0.3, 0.4) is 0 Å². The summed E-state index contributed by atoms with van der Waals surface area (Å²) in [6.07, 6.45) is 6.42. The zero-order chi connectivity index (χ0) is 18.1. The third kappa shape index (κ3) is 3.19. The number of pyridine rings is 1. The number of benzene rings is 1. The van der Waals surface area contributed by atoms with Crippen LogP contribution in [0.2, 0.25) is 0 Å². The van der Waals surface area contributed by atoms with Gasteiger partial charge in [-0.05, 0) is 45.0 Å². The zero-order valence-corrected chi connectivity index (χ0v) is 15.5. The van der Waals surface area contributed by atoms with Gasteiger partial charge in [0.2, 0.25) is 0 Å². The first-order valence-corrected chi connectivity index (χ1v) is 9.50. The van der Waals surface area contributed by atoms with Crippen LogP contribution in [0.5, 0.6) is 0 Å². The van der Waals surface area contributed by atoms with Crippen LogP contribution in [0.4, 0.5) is 0 Å². The van der Waals surface area contributed by atoms with Crippen LogP contribution in [0.25, 0.3) is 16.7 Å². The number of nitrogens with one attached hydrogen (secondary N) is 1. The van der Waals surface area contributed by atoms with Crippen molar-refractivity contribution < 1.29 is 0 Å². The lowest BCUT2D eigenvalue weighted by molar-refractivity contribution is 0.184. The number of hydrogen-bond acceptors (Lipinski definition) is 3. The van der Waals surface area contributed by atoms with Crippen LogP contribution in [-0.4, -0.2) is 32.8 Å². The highest BCUT2D eigenvalue weighted by Crippen LogP contribution is 2.24. The lowest BCUT2D eigenvalue weighted by Gasteiger charge is -2.30. The van der Waals surface area contributed by atoms with E-state index in [2.05, 4.69) is 22.0 Å². The normalized spacial score (nSPS) is 15.8. The minimum Gasteiger partial charge on any atom is -0.306 e. The van der Waals surface area contributed by atoms with E-state index in [9.17, 15) is 4.79 Å². The maximum Gasteiger partial charge on any atom is 0.254 e. The van der Waals surface area contributed by atoms with Gasteiger partial charge in [0.05, 0.1) is 11.4 Å². The molecule has 3 aromatic rings. The van der Waals surface area contributed by atoms with E-state index in [-0.39, 0.29) is 5.56 Å². The Morgan fingerprint density at radius 2 is 1.92 bits per heavy atom. The molecule has 136 valence electrons. The van der Waals surface area contributed by atoms with Crippen molar-refractivity contribution in [3.63, 3.8) is 0 Å². The molecule has 0 atom stereocenters. The SMILES string of the molecule is Cc1nn(-c2ccccc2)c2[nH]c(=O)c(CN(C)C3CCCCC3)cc12. The molecule has 1 aromatic carbocycles. The molecule has 4 rings (SSSR count). The van der Waals surface area contributed by atoms with Gasteiger partial charge in [-0.1, -0.05) is 37.5 Å². The predicted octanol–water partition coefficient (Wildman–Crippen LogP) is 3.79. The molecule has 5 nitrogen and oxygen atoms in total. The predicted molar refractivity (Wildman–Crippen MR) is 105 cm³/mol. The minimum absolute atomic E-state index is 0.0164. The smallest absolute Gasteiger partial charge is 0.254 e. The number of rotatable bonds is 4. The van der Waals surface area contributed by atoms with Crippen LogP contribution in [0.15, 0.2) is 41.2 Å². The monoisotopic (exact) mass is 350 g/mol. The molecule has 0 spiro atoms. The standard InChI is InChI=1S/C21H26N4O/c1-15-19-13-16(14-24(2)17-9-5-3-6-10-17)21(26)22-20(19)25(23-15)18-11-7-4-8-12-18/h4,7-8,11-13,17H,3,5-6,9-10,14H2,1-2H3,(H,22,26). The van der Waals surface area contributed by atoms with Crippen LogP contribution < -0.4 is 5.56 Å². The van der Waals surface area contributed by atoms with Crippen molar-refractivity contribution in [2.24, 2.45) is 0 Å². The Morgan fingerprint density at radius 3 is 2.65 bits per heavy atom. The van der Waals surface area contributed by atoms with E-state index in [0.29, 0.717) is 12.6 Å². The molecule has 0 unspecified atom stereocenters. The second kappa shape index (κ2) is 7.08. The van der Waals surface area contributed by atoms with Gasteiger partial charge in [-0.25, -0.2) is 4.68 Å². The molecular weight excluding hydrogens is 324 g/mol. The number of para-hydroxylation sites is 1. The number of aromatic nitrogens is 3. The van der Waals surface area contributed by atoms with Crippen molar-refractivity contribution in [2.75, 3.05) is 7.05 Å². The summed E-state index contributed by atoms with van der Waals surface area (Å²) in [5.74, 6) is 0. The van der Waals surface area contributed by atoms with Crippen LogP contribution in [0.1, 0.15) is 43.4 Å². The summed E-state index contributed by atoms with van der Waals surface area (Å²) in [7, 11) is 2.14. The highest BCUT2D eigenvalue weighted by molar-refractivity contribution is 5.80. The van der Waals surface area contributed by atoms with Crippen molar-refractivity contribution in [2.45, 2.75) is 51.6 Å². The molecule has 1 fully saturated rings. The molecule has 1 N–H and O–H groups in total. The van der Waals surface area contributed by atoms with Gasteiger partial charge in [0.15, 0.2) is 0 Å². The van der Waals surface area contributed by atoms with Gasteiger partial charge in [-0.15, -0.1) is 0 Å². The lowest BCUT2D eigenvalue weighted by atomic mass is 9.94. The molecule has 1 aliphatic rings. The summed E-state index contributed by atoms with van der Waals surface area (Å²) in [6.45, 7) is 2.68. The maximum atomic E-state index is 12.7. The fourth-order valence-electron chi connectivity index (χ4n) is 4.05. The molecule has 0 saturated heterocycles. The highest BCUT2D eigenvalue weighted by Gasteiger charge is 2.20. The van der Waals surface area contributed by atoms with Crippen molar-refractivity contribution in [3.8, 4) is 5.69 Å². The van der Waals surface area contributed by atoms with Crippen molar-refractivity contribution in [1.29, 1.82) is 0 Å². The van der Waals surface area contributed by atoms with Crippen LogP contribution in [-0.2, 0) is 6.54 Å². The fraction of sp³-hybridized carbons (Fsp3) is 0.429.